The zero-order valence-corrected chi connectivity index (χ0v) is 66.1. The molecule has 8 saturated heterocycles. The van der Waals surface area contributed by atoms with Crippen molar-refractivity contribution < 1.29 is 85.7 Å². The lowest BCUT2D eigenvalue weighted by molar-refractivity contribution is 0.176. The Hall–Kier alpha value is -13.1. The van der Waals surface area contributed by atoms with E-state index in [0.29, 0.717) is 109 Å². The van der Waals surface area contributed by atoms with Crippen LogP contribution in [0.2, 0.25) is 0 Å². The molecule has 0 bridgehead atoms. The summed E-state index contributed by atoms with van der Waals surface area (Å²) in [5.74, 6) is -2.74. The predicted molar refractivity (Wildman–Crippen MR) is 440 cm³/mol. The maximum absolute atomic E-state index is 14.5. The van der Waals surface area contributed by atoms with Crippen LogP contribution in [0, 0.1) is 46.5 Å². The number of urea groups is 4. The molecular weight excluding hydrogens is 1630 g/mol. The van der Waals surface area contributed by atoms with Gasteiger partial charge in [0.25, 0.3) is 0 Å². The van der Waals surface area contributed by atoms with Crippen LogP contribution in [0.25, 0.3) is 22.6 Å². The highest BCUT2D eigenvalue weighted by Gasteiger charge is 2.37. The molecule has 8 aromatic heterocycles. The molecule has 8 aliphatic rings. The second-order valence-electron chi connectivity index (χ2n) is 30.7. The summed E-state index contributed by atoms with van der Waals surface area (Å²) in [4.78, 5) is 80.8. The molecule has 648 valence electrons. The van der Waals surface area contributed by atoms with Crippen molar-refractivity contribution >= 4 is 92.7 Å². The number of amides is 8. The minimum Gasteiger partial charge on any atom is -0.391 e. The number of likely N-dealkylation sites (tertiary alicyclic amines) is 4. The van der Waals surface area contributed by atoms with E-state index in [1.165, 1.54) is 74.6 Å². The first-order valence-corrected chi connectivity index (χ1v) is 40.1. The number of fused-ring (bicyclic) bond motifs is 4. The molecule has 8 N–H and O–H groups in total. The van der Waals surface area contributed by atoms with E-state index in [-0.39, 0.29) is 104 Å². The summed E-state index contributed by atoms with van der Waals surface area (Å²) < 4.78 is 183. The number of halogens is 8. The summed E-state index contributed by atoms with van der Waals surface area (Å²) >= 11 is 0. The molecule has 8 fully saturated rings. The number of nitrogens with one attached hydrogen (secondary N) is 4. The average Bonchev–Trinajstić information content (AvgIpc) is 1.60. The topological polar surface area (TPSA) is 344 Å². The van der Waals surface area contributed by atoms with Gasteiger partial charge in [0.1, 0.15) is 92.6 Å². The lowest BCUT2D eigenvalue weighted by Gasteiger charge is -2.26. The molecule has 8 atom stereocenters. The number of hydrogen-bond donors (Lipinski definition) is 8. The van der Waals surface area contributed by atoms with Crippen molar-refractivity contribution in [3.63, 3.8) is 0 Å². The van der Waals surface area contributed by atoms with Gasteiger partial charge in [-0.15, -0.1) is 0 Å². The fourth-order valence-corrected chi connectivity index (χ4v) is 16.4. The van der Waals surface area contributed by atoms with E-state index in [1.807, 2.05) is 9.80 Å². The highest BCUT2D eigenvalue weighted by atomic mass is 19.2. The smallest absolute Gasteiger partial charge is 0.322 e. The summed E-state index contributed by atoms with van der Waals surface area (Å²) in [6, 6.07) is 15.6. The Morgan fingerprint density at radius 3 is 1.01 bits per heavy atom. The van der Waals surface area contributed by atoms with Gasteiger partial charge in [-0.25, -0.2) is 92.3 Å². The molecule has 0 unspecified atom stereocenters. The molecule has 0 spiro atoms. The maximum Gasteiger partial charge on any atom is 0.322 e. The van der Waals surface area contributed by atoms with Gasteiger partial charge in [0.15, 0.2) is 22.6 Å². The van der Waals surface area contributed by atoms with Crippen molar-refractivity contribution in [2.45, 2.75) is 125 Å². The van der Waals surface area contributed by atoms with Crippen molar-refractivity contribution in [3.05, 3.63) is 215 Å². The molecule has 0 aliphatic carbocycles. The number of aromatic nitrogens is 12. The van der Waals surface area contributed by atoms with Crippen LogP contribution < -0.4 is 40.9 Å². The van der Waals surface area contributed by atoms with E-state index in [4.69, 9.17) is 11.0 Å². The first kappa shape index (κ1) is 73.6. The van der Waals surface area contributed by atoms with Crippen LogP contribution in [0.5, 0.6) is 0 Å². The Morgan fingerprint density at radius 2 is 0.669 bits per heavy atom. The number of anilines is 8. The summed E-state index contributed by atoms with van der Waals surface area (Å²) in [5, 5.41) is 66.6. The number of carbonyl (C=O) groups is 4. The van der Waals surface area contributed by atoms with Crippen LogP contribution in [0.4, 0.5) is 100 Å². The number of rotatable bonds is 12. The molecular formula is C84H88F8N24O8. The van der Waals surface area contributed by atoms with Gasteiger partial charge in [0.05, 0.1) is 76.1 Å². The quantitative estimate of drug-likeness (QED) is 0.0527. The minimum atomic E-state index is -2.41. The van der Waals surface area contributed by atoms with Gasteiger partial charge in [0.2, 0.25) is 0 Å². The third-order valence-corrected chi connectivity index (χ3v) is 22.6. The van der Waals surface area contributed by atoms with E-state index in [1.54, 1.807) is 54.0 Å². The second-order valence-corrected chi connectivity index (χ2v) is 30.7. The van der Waals surface area contributed by atoms with E-state index in [2.05, 4.69) is 61.6 Å². The normalized spacial score (nSPS) is 24.6. The first-order valence-electron chi connectivity index (χ1n) is 44.1. The highest BCUT2D eigenvalue weighted by Crippen LogP contribution is 2.43. The number of hydrogen-bond acceptors (Lipinski definition) is 20. The molecule has 4 aromatic carbocycles. The highest BCUT2D eigenvalue weighted by molar-refractivity contribution is 5.96. The van der Waals surface area contributed by atoms with E-state index < -0.39 is 139 Å². The number of β-amino-alcohol motifs (C(OH)–C–C–N with tert-alkyl or cyclic N) is 4. The molecule has 0 saturated carbocycles. The summed E-state index contributed by atoms with van der Waals surface area (Å²) in [7, 11) is 0. The van der Waals surface area contributed by atoms with Gasteiger partial charge in [-0.2, -0.15) is 20.4 Å². The Morgan fingerprint density at radius 1 is 0.355 bits per heavy atom. The van der Waals surface area contributed by atoms with Crippen LogP contribution in [0.1, 0.15) is 134 Å². The number of aliphatic hydroxyl groups excluding tert-OH is 2. The van der Waals surface area contributed by atoms with Gasteiger partial charge >= 0.3 is 24.1 Å². The fraction of sp³-hybridized carbons (Fsp3) is 0.381. The van der Waals surface area contributed by atoms with Crippen molar-refractivity contribution in [3.8, 4) is 0 Å². The monoisotopic (exact) mass is 1720 g/mol. The molecule has 8 aliphatic heterocycles. The Bertz CT molecular complexity index is 6340. The Kier molecular flexibility index (Phi) is 21.2. The van der Waals surface area contributed by atoms with Crippen molar-refractivity contribution in [2.24, 2.45) is 0 Å². The van der Waals surface area contributed by atoms with E-state index in [9.17, 15) is 74.7 Å². The number of benzene rings is 4. The van der Waals surface area contributed by atoms with Gasteiger partial charge < -0.3 is 80.9 Å². The van der Waals surface area contributed by atoms with Gasteiger partial charge in [-0.05, 0) is 174 Å². The zero-order chi connectivity index (χ0) is 93.4. The van der Waals surface area contributed by atoms with Gasteiger partial charge in [-0.1, -0.05) is 0 Å². The molecule has 12 aromatic rings. The van der Waals surface area contributed by atoms with Crippen molar-refractivity contribution in [1.29, 1.82) is 0 Å². The molecule has 0 radical (unpaired) electrons. The van der Waals surface area contributed by atoms with Crippen LogP contribution in [0.3, 0.4) is 0 Å². The Labute approximate surface area is 714 Å². The largest absolute Gasteiger partial charge is 0.391 e. The summed E-state index contributed by atoms with van der Waals surface area (Å²) in [5.41, 5.74) is 3.28. The third kappa shape index (κ3) is 17.8. The fourth-order valence-electron chi connectivity index (χ4n) is 16.4. The molecule has 8 amide bonds. The predicted octanol–water partition coefficient (Wildman–Crippen LogP) is 11.8. The molecule has 16 heterocycles. The van der Waals surface area contributed by atoms with Crippen LogP contribution in [0.15, 0.2) is 147 Å². The number of aliphatic hydroxyl groups is 4. The third-order valence-electron chi connectivity index (χ3n) is 22.6. The lowest BCUT2D eigenvalue weighted by Crippen LogP contribution is -2.33. The maximum atomic E-state index is 14.5. The average molecular weight is 1720 g/mol. The summed E-state index contributed by atoms with van der Waals surface area (Å²) in [6.45, 7) is -0.0593. The standard InChI is InChI=1S/4C21H22F2N6O2/c4*22-13-3-4-16(23)15(10-13)18-2-1-7-28(18)19-6-9-29-20(26-19)17(11-24-29)25-21(31)27-8-5-14(30)12-27/h4*3-4,6,9-11,14,18,30H,1-2,5,7-8,12H2,(H,25,31)/t4*14-,18+/m0000/s1/i5D2,14D;14D;7D2;1D2. The Balaban J connectivity index is 0.000000123. The molecule has 124 heavy (non-hydrogen) atoms. The van der Waals surface area contributed by atoms with Crippen LogP contribution in [-0.2, 0) is 0 Å². The zero-order valence-electron chi connectivity index (χ0n) is 74.1. The molecule has 32 nitrogen and oxygen atoms in total. The summed E-state index contributed by atoms with van der Waals surface area (Å²) in [6.07, 6.45) is 7.64. The van der Waals surface area contributed by atoms with E-state index >= 15 is 0 Å². The first-order chi connectivity index (χ1) is 62.8. The van der Waals surface area contributed by atoms with E-state index in [0.717, 1.165) is 78.4 Å². The van der Waals surface area contributed by atoms with Crippen LogP contribution in [-0.4, -0.2) is 225 Å². The lowest BCUT2D eigenvalue weighted by atomic mass is 10.0. The van der Waals surface area contributed by atoms with Gasteiger partial charge in [-0.3, -0.25) is 0 Å². The van der Waals surface area contributed by atoms with Crippen molar-refractivity contribution in [1.82, 2.24) is 78.0 Å². The SMILES string of the molecule is [2H]C1([2H])CC[C@H](c2cc(F)ccc2F)N1c1ccn2ncc(NC(=O)N3CC[C@H](O)C3)c2n1.[2H]C1([2H])CN(C(=O)Nc2cnn3ccc(N4CCC[C@@H]4c4cc(F)ccc4F)nc23)C[C@@]1([2H])O.[2H]C1([2H])C[C@H](c2cc(F)ccc2F)N(c2ccn3ncc(NC(=O)N4CC[C@H](O)C4)c3n2)C1.[2H][C@]1(O)CCN(C(=O)Nc2cnn3ccc(N4CCC[C@@H]4c4cc(F)ccc4F)nc23)C1. The second kappa shape index (κ2) is 35.8. The number of carbonyl (C=O) groups excluding carboxylic acids is 4. The van der Waals surface area contributed by atoms with Crippen molar-refractivity contribution in [2.75, 3.05) is 119 Å². The minimum absolute atomic E-state index is 0.0274. The molecule has 20 rings (SSSR count). The number of nitrogens with zero attached hydrogens (tertiary/aromatic N) is 20. The van der Waals surface area contributed by atoms with Gasteiger partial charge in [0, 0.05) is 134 Å². The van der Waals surface area contributed by atoms with Crippen LogP contribution >= 0.6 is 0 Å². The molecule has 40 heteroatoms.